The summed E-state index contributed by atoms with van der Waals surface area (Å²) in [7, 11) is -1.49. The first-order valence-corrected chi connectivity index (χ1v) is 5.29. The molecule has 2 aromatic rings. The fourth-order valence-corrected chi connectivity index (χ4v) is 1.62. The highest BCUT2D eigenvalue weighted by molar-refractivity contribution is 6.58. The Labute approximate surface area is 104 Å². The second kappa shape index (κ2) is 4.99. The first-order valence-electron chi connectivity index (χ1n) is 5.29. The van der Waals surface area contributed by atoms with Crippen LogP contribution in [0.15, 0.2) is 48.5 Å². The summed E-state index contributed by atoms with van der Waals surface area (Å²) >= 11 is 0. The normalized spacial score (nSPS) is 10.1. The van der Waals surface area contributed by atoms with Gasteiger partial charge in [-0.15, -0.1) is 0 Å². The molecular weight excluding hydrogens is 233 g/mol. The molecule has 0 unspecified atom stereocenters. The molecule has 2 aromatic carbocycles. The monoisotopic (exact) mass is 243 g/mol. The summed E-state index contributed by atoms with van der Waals surface area (Å²) in [6.45, 7) is 0. The van der Waals surface area contributed by atoms with E-state index in [2.05, 4.69) is 0 Å². The maximum Gasteiger partial charge on any atom is 0.488 e. The van der Waals surface area contributed by atoms with Crippen molar-refractivity contribution in [3.63, 3.8) is 0 Å². The van der Waals surface area contributed by atoms with E-state index in [9.17, 15) is 10.1 Å². The zero-order chi connectivity index (χ0) is 13.1. The van der Waals surface area contributed by atoms with Gasteiger partial charge in [0.25, 0.3) is 5.69 Å². The molecule has 90 valence electrons. The number of rotatable bonds is 3. The highest BCUT2D eigenvalue weighted by Gasteiger charge is 2.10. The van der Waals surface area contributed by atoms with Crippen molar-refractivity contribution in [1.82, 2.24) is 0 Å². The third-order valence-electron chi connectivity index (χ3n) is 2.62. The lowest BCUT2D eigenvalue weighted by molar-refractivity contribution is -0.384. The topological polar surface area (TPSA) is 83.6 Å². The highest BCUT2D eigenvalue weighted by Crippen LogP contribution is 2.21. The van der Waals surface area contributed by atoms with Crippen LogP contribution in [-0.4, -0.2) is 22.1 Å². The van der Waals surface area contributed by atoms with E-state index in [0.29, 0.717) is 5.46 Å². The summed E-state index contributed by atoms with van der Waals surface area (Å²) in [4.78, 5) is 10.1. The molecule has 0 radical (unpaired) electrons. The summed E-state index contributed by atoms with van der Waals surface area (Å²) in [5.74, 6) is 0. The van der Waals surface area contributed by atoms with Crippen LogP contribution in [0.25, 0.3) is 11.1 Å². The molecule has 2 N–H and O–H groups in total. The van der Waals surface area contributed by atoms with Crippen LogP contribution in [0.3, 0.4) is 0 Å². The molecule has 0 aliphatic rings. The zero-order valence-corrected chi connectivity index (χ0v) is 9.35. The van der Waals surface area contributed by atoms with Gasteiger partial charge >= 0.3 is 7.12 Å². The van der Waals surface area contributed by atoms with Gasteiger partial charge in [-0.05, 0) is 28.7 Å². The fraction of sp³-hybridized carbons (Fsp3) is 0. The van der Waals surface area contributed by atoms with Gasteiger partial charge in [0.1, 0.15) is 0 Å². The minimum atomic E-state index is -1.49. The quantitative estimate of drug-likeness (QED) is 0.477. The molecule has 0 heterocycles. The van der Waals surface area contributed by atoms with Gasteiger partial charge in [-0.2, -0.15) is 0 Å². The highest BCUT2D eigenvalue weighted by atomic mass is 16.6. The average molecular weight is 243 g/mol. The Hall–Kier alpha value is -2.18. The van der Waals surface area contributed by atoms with E-state index >= 15 is 0 Å². The van der Waals surface area contributed by atoms with Crippen molar-refractivity contribution in [2.45, 2.75) is 0 Å². The van der Waals surface area contributed by atoms with Crippen molar-refractivity contribution in [3.8, 4) is 11.1 Å². The molecule has 2 rings (SSSR count). The number of nitro groups is 1. The lowest BCUT2D eigenvalue weighted by Gasteiger charge is -2.03. The number of nitro benzene ring substituents is 1. The van der Waals surface area contributed by atoms with E-state index in [1.165, 1.54) is 12.1 Å². The molecule has 0 fully saturated rings. The van der Waals surface area contributed by atoms with Crippen LogP contribution in [0.1, 0.15) is 0 Å². The van der Waals surface area contributed by atoms with Crippen LogP contribution in [0.5, 0.6) is 0 Å². The standard InChI is InChI=1S/C12H10BNO4/c15-13(16)11-5-1-9(2-6-11)10-3-7-12(8-4-10)14(17)18/h1-8,15-16H. The van der Waals surface area contributed by atoms with E-state index in [1.807, 2.05) is 0 Å². The van der Waals surface area contributed by atoms with E-state index in [0.717, 1.165) is 11.1 Å². The Morgan fingerprint density at radius 1 is 0.889 bits per heavy atom. The van der Waals surface area contributed by atoms with Crippen molar-refractivity contribution in [2.24, 2.45) is 0 Å². The number of hydrogen-bond acceptors (Lipinski definition) is 4. The summed E-state index contributed by atoms with van der Waals surface area (Å²) in [6.07, 6.45) is 0. The van der Waals surface area contributed by atoms with E-state index in [4.69, 9.17) is 10.0 Å². The Balaban J connectivity index is 2.28. The third kappa shape index (κ3) is 2.56. The molecular formula is C12H10BNO4. The molecule has 0 amide bonds. The molecule has 0 atom stereocenters. The van der Waals surface area contributed by atoms with Gasteiger partial charge in [0, 0.05) is 12.1 Å². The second-order valence-electron chi connectivity index (χ2n) is 3.80. The van der Waals surface area contributed by atoms with Gasteiger partial charge in [-0.25, -0.2) is 0 Å². The predicted octanol–water partition coefficient (Wildman–Crippen LogP) is 0.942. The number of benzene rings is 2. The van der Waals surface area contributed by atoms with Crippen LogP contribution >= 0.6 is 0 Å². The van der Waals surface area contributed by atoms with E-state index in [1.54, 1.807) is 36.4 Å². The van der Waals surface area contributed by atoms with Crippen molar-refractivity contribution in [2.75, 3.05) is 0 Å². The van der Waals surface area contributed by atoms with Crippen LogP contribution in [0, 0.1) is 10.1 Å². The summed E-state index contributed by atoms with van der Waals surface area (Å²) in [6, 6.07) is 12.8. The third-order valence-corrected chi connectivity index (χ3v) is 2.62. The minimum Gasteiger partial charge on any atom is -0.423 e. The van der Waals surface area contributed by atoms with Crippen LogP contribution in [0.2, 0.25) is 0 Å². The summed E-state index contributed by atoms with van der Waals surface area (Å²) < 4.78 is 0. The number of nitrogens with zero attached hydrogens (tertiary/aromatic N) is 1. The molecule has 0 saturated heterocycles. The zero-order valence-electron chi connectivity index (χ0n) is 9.35. The van der Waals surface area contributed by atoms with Gasteiger partial charge in [0.05, 0.1) is 4.92 Å². The Morgan fingerprint density at radius 3 is 1.72 bits per heavy atom. The van der Waals surface area contributed by atoms with Crippen molar-refractivity contribution in [3.05, 3.63) is 58.6 Å². The van der Waals surface area contributed by atoms with Crippen molar-refractivity contribution in [1.29, 1.82) is 0 Å². The second-order valence-corrected chi connectivity index (χ2v) is 3.80. The van der Waals surface area contributed by atoms with E-state index < -0.39 is 12.0 Å². The lowest BCUT2D eigenvalue weighted by Crippen LogP contribution is -2.29. The Morgan fingerprint density at radius 2 is 1.33 bits per heavy atom. The maximum absolute atomic E-state index is 10.5. The summed E-state index contributed by atoms with van der Waals surface area (Å²) in [5, 5.41) is 28.4. The Kier molecular flexibility index (Phi) is 3.41. The maximum atomic E-state index is 10.5. The predicted molar refractivity (Wildman–Crippen MR) is 68.4 cm³/mol. The van der Waals surface area contributed by atoms with Gasteiger partial charge in [-0.3, -0.25) is 10.1 Å². The molecule has 5 nitrogen and oxygen atoms in total. The molecule has 0 saturated carbocycles. The lowest BCUT2D eigenvalue weighted by atomic mass is 9.80. The first-order chi connectivity index (χ1) is 8.58. The molecule has 0 bridgehead atoms. The van der Waals surface area contributed by atoms with Gasteiger partial charge < -0.3 is 10.0 Å². The molecule has 0 aromatic heterocycles. The Bertz CT molecular complexity index is 551. The molecule has 0 spiro atoms. The van der Waals surface area contributed by atoms with E-state index in [-0.39, 0.29) is 5.69 Å². The van der Waals surface area contributed by atoms with Crippen LogP contribution in [-0.2, 0) is 0 Å². The molecule has 18 heavy (non-hydrogen) atoms. The SMILES string of the molecule is O=[N+]([O-])c1ccc(-c2ccc(B(O)O)cc2)cc1. The largest absolute Gasteiger partial charge is 0.488 e. The van der Waals surface area contributed by atoms with Gasteiger partial charge in [0.2, 0.25) is 0 Å². The number of hydrogen-bond donors (Lipinski definition) is 2. The smallest absolute Gasteiger partial charge is 0.423 e. The van der Waals surface area contributed by atoms with Crippen molar-refractivity contribution < 1.29 is 15.0 Å². The molecule has 6 heteroatoms. The number of non-ortho nitro benzene ring substituents is 1. The van der Waals surface area contributed by atoms with Gasteiger partial charge in [0.15, 0.2) is 0 Å². The molecule has 0 aliphatic heterocycles. The van der Waals surface area contributed by atoms with Crippen LogP contribution < -0.4 is 5.46 Å². The first kappa shape index (κ1) is 12.3. The van der Waals surface area contributed by atoms with Crippen LogP contribution in [0.4, 0.5) is 5.69 Å². The van der Waals surface area contributed by atoms with Crippen molar-refractivity contribution >= 4 is 18.3 Å². The average Bonchev–Trinajstić information content (AvgIpc) is 2.39. The molecule has 0 aliphatic carbocycles. The summed E-state index contributed by atoms with van der Waals surface area (Å²) in [5.41, 5.74) is 2.13. The minimum absolute atomic E-state index is 0.0427. The van der Waals surface area contributed by atoms with Gasteiger partial charge in [-0.1, -0.05) is 24.3 Å². The fourth-order valence-electron chi connectivity index (χ4n) is 1.62.